The zero-order valence-corrected chi connectivity index (χ0v) is 31.7. The smallest absolute Gasteiger partial charge is 0.329 e. The third-order valence-electron chi connectivity index (χ3n) is 11.8. The molecule has 57 heavy (non-hydrogen) atoms. The second kappa shape index (κ2) is 14.7. The Morgan fingerprint density at radius 1 is 1.11 bits per heavy atom. The Balaban J connectivity index is 0.915. The predicted molar refractivity (Wildman–Crippen MR) is 201 cm³/mol. The number of rotatable bonds is 9. The minimum absolute atomic E-state index is 0.0888. The number of alkyl halides is 4. The fourth-order valence-corrected chi connectivity index (χ4v) is 9.00. The summed E-state index contributed by atoms with van der Waals surface area (Å²) in [6, 6.07) is 3.01. The topological polar surface area (TPSA) is 157 Å². The number of anilines is 2. The normalized spacial score (nSPS) is 22.9. The minimum Gasteiger partial charge on any atom is -0.363 e. The van der Waals surface area contributed by atoms with Crippen molar-refractivity contribution in [3.05, 3.63) is 70.3 Å². The maximum atomic E-state index is 16.2. The lowest BCUT2D eigenvalue weighted by Crippen LogP contribution is -2.58. The molecular weight excluding hydrogens is 750 g/mol. The average molecular weight is 794 g/mol. The van der Waals surface area contributed by atoms with Crippen LogP contribution in [-0.4, -0.2) is 94.8 Å². The van der Waals surface area contributed by atoms with Crippen molar-refractivity contribution in [3.8, 4) is 0 Å². The van der Waals surface area contributed by atoms with Crippen LogP contribution in [0.5, 0.6) is 0 Å². The van der Waals surface area contributed by atoms with Crippen molar-refractivity contribution in [2.45, 2.75) is 82.3 Å². The average Bonchev–Trinajstić information content (AvgIpc) is 3.86. The van der Waals surface area contributed by atoms with Gasteiger partial charge in [-0.25, -0.2) is 31.9 Å². The number of aryl methyl sites for hydroxylation is 2. The van der Waals surface area contributed by atoms with Gasteiger partial charge in [0.15, 0.2) is 11.3 Å². The number of imide groups is 1. The summed E-state index contributed by atoms with van der Waals surface area (Å²) in [5.74, 6) is -4.61. The van der Waals surface area contributed by atoms with E-state index in [9.17, 15) is 28.0 Å². The van der Waals surface area contributed by atoms with Gasteiger partial charge in [0, 0.05) is 45.1 Å². The van der Waals surface area contributed by atoms with Crippen LogP contribution < -0.4 is 21.2 Å². The third kappa shape index (κ3) is 6.95. The number of carbonyl (C=O) groups is 3. The standard InChI is InChI=1S/C38H43F4N11O4/c1-21-5-10-26-32(49(3)37(57)53(26)27-11-12-29(54)46-36(27)56)31(21)50-16-13-28(38(41,42)20-50)48(2)18-22-6-8-23(9-7-22)52-19-25(30(47-52)33(39)40)45-35(55)24-17-44-51-15-4-14-43-34(24)51/h4-5,10,14-15,17,19,22-23,27-28,33H,6-9,11-13,16,18,20H2,1-3H3,(H,45,55)(H,46,54,56)/t22-,23-,27?,28?. The first-order valence-electron chi connectivity index (χ1n) is 19.1. The van der Waals surface area contributed by atoms with Crippen LogP contribution in [0.1, 0.15) is 85.1 Å². The maximum absolute atomic E-state index is 16.2. The Morgan fingerprint density at radius 2 is 1.88 bits per heavy atom. The molecule has 0 bridgehead atoms. The summed E-state index contributed by atoms with van der Waals surface area (Å²) in [7, 11) is 3.28. The first kappa shape index (κ1) is 38.3. The fourth-order valence-electron chi connectivity index (χ4n) is 9.00. The van der Waals surface area contributed by atoms with Gasteiger partial charge in [0.1, 0.15) is 11.6 Å². The van der Waals surface area contributed by atoms with E-state index in [1.807, 2.05) is 6.92 Å². The first-order valence-corrected chi connectivity index (χ1v) is 19.1. The third-order valence-corrected chi connectivity index (χ3v) is 11.8. The summed E-state index contributed by atoms with van der Waals surface area (Å²) >= 11 is 0. The van der Waals surface area contributed by atoms with Crippen LogP contribution in [-0.2, 0) is 16.6 Å². The number of halogens is 4. The fraction of sp³-hybridized carbons (Fsp3) is 0.500. The van der Waals surface area contributed by atoms with Gasteiger partial charge in [-0.3, -0.25) is 38.4 Å². The van der Waals surface area contributed by atoms with Crippen LogP contribution in [0.3, 0.4) is 0 Å². The van der Waals surface area contributed by atoms with Crippen LogP contribution in [0.4, 0.5) is 28.9 Å². The molecule has 2 atom stereocenters. The Bertz CT molecular complexity index is 2430. The Labute approximate surface area is 323 Å². The van der Waals surface area contributed by atoms with Gasteiger partial charge in [0.2, 0.25) is 11.8 Å². The number of hydrogen-bond acceptors (Lipinski definition) is 9. The lowest BCUT2D eigenvalue weighted by molar-refractivity contribution is -0.135. The van der Waals surface area contributed by atoms with Crippen LogP contribution in [0.2, 0.25) is 0 Å². The molecule has 2 saturated heterocycles. The molecule has 2 aliphatic heterocycles. The number of amides is 3. The summed E-state index contributed by atoms with van der Waals surface area (Å²) < 4.78 is 66.2. The molecule has 3 fully saturated rings. The molecule has 19 heteroatoms. The molecule has 0 radical (unpaired) electrons. The largest absolute Gasteiger partial charge is 0.363 e. The Hall–Kier alpha value is -5.59. The van der Waals surface area contributed by atoms with Crippen molar-refractivity contribution in [3.63, 3.8) is 0 Å². The highest BCUT2D eigenvalue weighted by Gasteiger charge is 2.48. The van der Waals surface area contributed by atoms with Gasteiger partial charge in [0.25, 0.3) is 18.3 Å². The Morgan fingerprint density at radius 3 is 2.60 bits per heavy atom. The SMILES string of the molecule is Cc1ccc2c(c1N1CCC(N(C)C[C@H]3CC[C@H](n4cc(NC(=O)c5cnn6cccnc56)c(C(F)F)n4)CC3)C(F)(F)C1)n(C)c(=O)n2C1CCC(=O)NC1=O. The van der Waals surface area contributed by atoms with Crippen LogP contribution >= 0.6 is 0 Å². The summed E-state index contributed by atoms with van der Waals surface area (Å²) in [4.78, 5) is 58.6. The molecule has 4 aromatic heterocycles. The molecule has 1 aliphatic carbocycles. The van der Waals surface area contributed by atoms with E-state index >= 15 is 8.78 Å². The van der Waals surface area contributed by atoms with E-state index in [1.54, 1.807) is 48.3 Å². The number of benzene rings is 1. The summed E-state index contributed by atoms with van der Waals surface area (Å²) in [5, 5.41) is 13.1. The van der Waals surface area contributed by atoms with Gasteiger partial charge in [0.05, 0.1) is 47.2 Å². The van der Waals surface area contributed by atoms with E-state index in [-0.39, 0.29) is 48.1 Å². The molecule has 6 heterocycles. The number of nitrogens with zero attached hydrogens (tertiary/aromatic N) is 9. The van der Waals surface area contributed by atoms with Crippen molar-refractivity contribution in [1.82, 2.24) is 43.7 Å². The quantitative estimate of drug-likeness (QED) is 0.161. The van der Waals surface area contributed by atoms with Crippen molar-refractivity contribution >= 4 is 45.8 Å². The van der Waals surface area contributed by atoms with E-state index in [2.05, 4.69) is 25.8 Å². The van der Waals surface area contributed by atoms with Crippen molar-refractivity contribution in [2.24, 2.45) is 13.0 Å². The lowest BCUT2D eigenvalue weighted by atomic mass is 9.85. The van der Waals surface area contributed by atoms with Crippen LogP contribution in [0.15, 0.2) is 47.8 Å². The molecule has 0 spiro atoms. The van der Waals surface area contributed by atoms with Gasteiger partial charge in [-0.15, -0.1) is 0 Å². The number of aromatic nitrogens is 7. The van der Waals surface area contributed by atoms with E-state index in [1.165, 1.54) is 36.9 Å². The highest BCUT2D eigenvalue weighted by molar-refractivity contribution is 6.08. The number of nitrogens with one attached hydrogen (secondary N) is 2. The number of imidazole rings is 1. The molecule has 1 aromatic carbocycles. The van der Waals surface area contributed by atoms with E-state index in [4.69, 9.17) is 0 Å². The van der Waals surface area contributed by atoms with Crippen molar-refractivity contribution in [1.29, 1.82) is 0 Å². The van der Waals surface area contributed by atoms with Gasteiger partial charge in [-0.05, 0) is 76.1 Å². The molecular formula is C38H43F4N11O4. The van der Waals surface area contributed by atoms with E-state index in [0.29, 0.717) is 55.5 Å². The van der Waals surface area contributed by atoms with E-state index in [0.717, 1.165) is 5.56 Å². The lowest BCUT2D eigenvalue weighted by Gasteiger charge is -2.44. The highest BCUT2D eigenvalue weighted by atomic mass is 19.3. The first-order chi connectivity index (χ1) is 27.2. The van der Waals surface area contributed by atoms with Gasteiger partial charge < -0.3 is 10.2 Å². The van der Waals surface area contributed by atoms with Gasteiger partial charge in [-0.1, -0.05) is 6.07 Å². The molecule has 3 amide bonds. The summed E-state index contributed by atoms with van der Waals surface area (Å²) in [6.45, 7) is 1.99. The molecule has 2 unspecified atom stereocenters. The number of piperidine rings is 2. The van der Waals surface area contributed by atoms with Gasteiger partial charge >= 0.3 is 5.69 Å². The molecule has 8 rings (SSSR count). The number of hydrogen-bond donors (Lipinski definition) is 2. The molecule has 15 nitrogen and oxygen atoms in total. The zero-order valence-electron chi connectivity index (χ0n) is 31.7. The van der Waals surface area contributed by atoms with Gasteiger partial charge in [-0.2, -0.15) is 10.2 Å². The van der Waals surface area contributed by atoms with Crippen LogP contribution in [0.25, 0.3) is 16.7 Å². The maximum Gasteiger partial charge on any atom is 0.329 e. The Kier molecular flexibility index (Phi) is 9.89. The van der Waals surface area contributed by atoms with Crippen molar-refractivity contribution < 1.29 is 31.9 Å². The monoisotopic (exact) mass is 793 g/mol. The van der Waals surface area contributed by atoms with E-state index < -0.39 is 60.1 Å². The minimum atomic E-state index is -3.11. The summed E-state index contributed by atoms with van der Waals surface area (Å²) in [6.07, 6.45) is 5.92. The second-order valence-electron chi connectivity index (χ2n) is 15.5. The molecule has 1 saturated carbocycles. The molecule has 3 aliphatic rings. The second-order valence-corrected chi connectivity index (χ2v) is 15.5. The predicted octanol–water partition coefficient (Wildman–Crippen LogP) is 4.63. The van der Waals surface area contributed by atoms with Crippen molar-refractivity contribution in [2.75, 3.05) is 36.9 Å². The molecule has 5 aromatic rings. The van der Waals surface area contributed by atoms with Crippen LogP contribution in [0, 0.1) is 12.8 Å². The molecule has 302 valence electrons. The number of carbonyl (C=O) groups excluding carboxylic acids is 3. The number of fused-ring (bicyclic) bond motifs is 2. The zero-order chi connectivity index (χ0) is 40.3. The molecule has 2 N–H and O–H groups in total. The highest BCUT2D eigenvalue weighted by Crippen LogP contribution is 2.40. The summed E-state index contributed by atoms with van der Waals surface area (Å²) in [5.41, 5.74) is 1.45.